The second kappa shape index (κ2) is 8.91. The van der Waals surface area contributed by atoms with Crippen LogP contribution < -0.4 is 11.5 Å². The molecule has 22 heavy (non-hydrogen) atoms. The molecule has 12 nitrogen and oxygen atoms in total. The first-order valence-electron chi connectivity index (χ1n) is 5.78. The third-order valence-electron chi connectivity index (χ3n) is 2.42. The van der Waals surface area contributed by atoms with E-state index in [9.17, 15) is 9.59 Å². The predicted molar refractivity (Wildman–Crippen MR) is 70.3 cm³/mol. The lowest BCUT2D eigenvalue weighted by atomic mass is 10.0. The number of aliphatic hydroxyl groups excluding tert-OH is 5. The maximum absolute atomic E-state index is 10.4. The number of aromatic nitrogens is 2. The van der Waals surface area contributed by atoms with Crippen LogP contribution in [0.4, 0.5) is 5.82 Å². The number of H-pyrrole nitrogens is 1. The van der Waals surface area contributed by atoms with Gasteiger partial charge in [0, 0.05) is 0 Å². The molecule has 0 unspecified atom stereocenters. The Labute approximate surface area is 123 Å². The third-order valence-corrected chi connectivity index (χ3v) is 2.42. The number of carboxylic acids is 1. The van der Waals surface area contributed by atoms with Crippen LogP contribution in [0, 0.1) is 0 Å². The van der Waals surface area contributed by atoms with E-state index >= 15 is 0 Å². The van der Waals surface area contributed by atoms with Crippen molar-refractivity contribution in [3.05, 3.63) is 12.0 Å². The van der Waals surface area contributed by atoms with Crippen molar-refractivity contribution >= 4 is 17.7 Å². The Morgan fingerprint density at radius 3 is 2.05 bits per heavy atom. The molecule has 126 valence electrons. The molecule has 0 radical (unpaired) electrons. The number of amides is 1. The fourth-order valence-corrected chi connectivity index (χ4v) is 1.17. The Hall–Kier alpha value is -2.25. The predicted octanol–water partition coefficient (Wildman–Crippen LogP) is -4.40. The maximum Gasteiger partial charge on any atom is 0.335 e. The van der Waals surface area contributed by atoms with Crippen molar-refractivity contribution < 1.29 is 40.2 Å². The normalized spacial score (nSPS) is 15.9. The van der Waals surface area contributed by atoms with Crippen LogP contribution in [-0.4, -0.2) is 83.5 Å². The summed E-state index contributed by atoms with van der Waals surface area (Å²) in [6, 6.07) is 0. The third kappa shape index (κ3) is 5.63. The molecule has 1 aromatic heterocycles. The summed E-state index contributed by atoms with van der Waals surface area (Å²) in [5.41, 5.74) is 10.2. The molecule has 1 amide bonds. The van der Waals surface area contributed by atoms with Crippen molar-refractivity contribution in [3.63, 3.8) is 0 Å². The van der Waals surface area contributed by atoms with Crippen molar-refractivity contribution in [1.82, 2.24) is 9.97 Å². The van der Waals surface area contributed by atoms with E-state index in [1.54, 1.807) is 0 Å². The summed E-state index contributed by atoms with van der Waals surface area (Å²) in [4.78, 5) is 26.5. The topological polar surface area (TPSA) is 236 Å². The largest absolute Gasteiger partial charge is 0.479 e. The number of nitrogen functional groups attached to an aromatic ring is 1. The number of nitrogens with zero attached hydrogens (tertiary/aromatic N) is 1. The lowest BCUT2D eigenvalue weighted by Gasteiger charge is -2.23. The minimum absolute atomic E-state index is 0.141. The first-order valence-corrected chi connectivity index (χ1v) is 5.78. The summed E-state index contributed by atoms with van der Waals surface area (Å²) in [5.74, 6) is -2.18. The number of hydrogen-bond donors (Lipinski definition) is 9. The second-order valence-corrected chi connectivity index (χ2v) is 4.04. The van der Waals surface area contributed by atoms with Crippen LogP contribution in [0.5, 0.6) is 0 Å². The lowest BCUT2D eigenvalue weighted by Crippen LogP contribution is -2.48. The maximum atomic E-state index is 10.4. The molecular formula is C10H18N4O8. The zero-order valence-corrected chi connectivity index (χ0v) is 11.2. The molecule has 0 bridgehead atoms. The lowest BCUT2D eigenvalue weighted by molar-refractivity contribution is -0.164. The fourth-order valence-electron chi connectivity index (χ4n) is 1.17. The number of anilines is 1. The molecule has 0 saturated heterocycles. The quantitative estimate of drug-likeness (QED) is 0.243. The van der Waals surface area contributed by atoms with Crippen LogP contribution in [0.2, 0.25) is 0 Å². The minimum Gasteiger partial charge on any atom is -0.479 e. The van der Waals surface area contributed by atoms with Crippen LogP contribution in [0.1, 0.15) is 10.5 Å². The van der Waals surface area contributed by atoms with E-state index in [-0.39, 0.29) is 11.5 Å². The monoisotopic (exact) mass is 322 g/mol. The number of aliphatic carboxylic acids is 1. The highest BCUT2D eigenvalue weighted by molar-refractivity contribution is 5.94. The van der Waals surface area contributed by atoms with Gasteiger partial charge in [0.15, 0.2) is 11.9 Å². The highest BCUT2D eigenvalue weighted by Gasteiger charge is 2.33. The van der Waals surface area contributed by atoms with E-state index in [0.29, 0.717) is 0 Å². The van der Waals surface area contributed by atoms with Crippen molar-refractivity contribution in [2.45, 2.75) is 24.4 Å². The van der Waals surface area contributed by atoms with Gasteiger partial charge in [0.1, 0.15) is 24.0 Å². The number of carboxylic acid groups (broad SMARTS) is 1. The number of aromatic amines is 1. The average Bonchev–Trinajstić information content (AvgIpc) is 2.90. The van der Waals surface area contributed by atoms with Crippen molar-refractivity contribution in [1.29, 1.82) is 0 Å². The van der Waals surface area contributed by atoms with Gasteiger partial charge in [-0.1, -0.05) is 0 Å². The minimum atomic E-state index is -2.20. The van der Waals surface area contributed by atoms with Gasteiger partial charge < -0.3 is 47.1 Å². The number of primary amides is 1. The number of imidazole rings is 1. The molecule has 1 rings (SSSR count). The molecule has 0 aliphatic heterocycles. The van der Waals surface area contributed by atoms with Gasteiger partial charge in [-0.05, 0) is 0 Å². The molecule has 0 spiro atoms. The molecule has 0 aliphatic carbocycles. The molecular weight excluding hydrogens is 304 g/mol. The number of rotatable bonds is 6. The molecule has 11 N–H and O–H groups in total. The second-order valence-electron chi connectivity index (χ2n) is 4.04. The standard InChI is InChI=1S/C6H12O7.C4H6N4O/c7-1-2(8)3(9)4(10)5(11)6(12)13;5-3-2(4(6)9)7-1-8-3/h2-5,7-11H,1H2,(H,12,13);1H,5H2,(H2,6,9)(H,7,8)/t2-,3-,4+,5-;/m1./s1. The number of nitrogens with one attached hydrogen (secondary N) is 1. The Bertz CT molecular complexity index is 493. The highest BCUT2D eigenvalue weighted by Crippen LogP contribution is 2.04. The SMILES string of the molecule is NC(=O)c1[nH]cnc1N.O=C(O)[C@H](O)[C@@H](O)[C@H](O)[C@H](O)CO. The Morgan fingerprint density at radius 1 is 1.23 bits per heavy atom. The Kier molecular flexibility index (Phi) is 8.00. The van der Waals surface area contributed by atoms with Crippen LogP contribution in [0.15, 0.2) is 6.33 Å². The molecule has 0 fully saturated rings. The number of nitrogens with two attached hydrogens (primary N) is 2. The van der Waals surface area contributed by atoms with E-state index in [0.717, 1.165) is 0 Å². The van der Waals surface area contributed by atoms with E-state index in [1.807, 2.05) is 0 Å². The first-order chi connectivity index (χ1) is 10.1. The first kappa shape index (κ1) is 19.8. The summed E-state index contributed by atoms with van der Waals surface area (Å²) in [7, 11) is 0. The van der Waals surface area contributed by atoms with E-state index in [2.05, 4.69) is 9.97 Å². The van der Waals surface area contributed by atoms with E-state index in [1.165, 1.54) is 6.33 Å². The van der Waals surface area contributed by atoms with Gasteiger partial charge in [0.05, 0.1) is 12.9 Å². The summed E-state index contributed by atoms with van der Waals surface area (Å²) >= 11 is 0. The van der Waals surface area contributed by atoms with Gasteiger partial charge in [0.2, 0.25) is 0 Å². The molecule has 12 heteroatoms. The van der Waals surface area contributed by atoms with Gasteiger partial charge in [-0.2, -0.15) is 0 Å². The number of aliphatic hydroxyl groups is 5. The van der Waals surface area contributed by atoms with Gasteiger partial charge >= 0.3 is 5.97 Å². The van der Waals surface area contributed by atoms with Gasteiger partial charge in [-0.25, -0.2) is 9.78 Å². The smallest absolute Gasteiger partial charge is 0.335 e. The molecule has 1 aromatic rings. The van der Waals surface area contributed by atoms with Gasteiger partial charge in [-0.15, -0.1) is 0 Å². The fraction of sp³-hybridized carbons (Fsp3) is 0.500. The van der Waals surface area contributed by atoms with Crippen LogP contribution in [-0.2, 0) is 4.79 Å². The molecule has 0 saturated carbocycles. The highest BCUT2D eigenvalue weighted by atomic mass is 16.4. The Balaban J connectivity index is 0.000000425. The van der Waals surface area contributed by atoms with Gasteiger partial charge in [-0.3, -0.25) is 4.79 Å². The van der Waals surface area contributed by atoms with Crippen molar-refractivity contribution in [2.75, 3.05) is 12.3 Å². The zero-order valence-electron chi connectivity index (χ0n) is 11.2. The number of carbonyl (C=O) groups is 2. The Morgan fingerprint density at radius 2 is 1.77 bits per heavy atom. The zero-order chi connectivity index (χ0) is 17.4. The van der Waals surface area contributed by atoms with Crippen LogP contribution in [0.3, 0.4) is 0 Å². The van der Waals surface area contributed by atoms with E-state index < -0.39 is 42.9 Å². The van der Waals surface area contributed by atoms with E-state index in [4.69, 9.17) is 42.1 Å². The van der Waals surface area contributed by atoms with Gasteiger partial charge in [0.25, 0.3) is 5.91 Å². The van der Waals surface area contributed by atoms with Crippen LogP contribution >= 0.6 is 0 Å². The summed E-state index contributed by atoms with van der Waals surface area (Å²) in [6.07, 6.45) is -6.52. The summed E-state index contributed by atoms with van der Waals surface area (Å²) in [6.45, 7) is -0.843. The van der Waals surface area contributed by atoms with Crippen molar-refractivity contribution in [3.8, 4) is 0 Å². The molecule has 0 aliphatic rings. The number of hydrogen-bond acceptors (Lipinski definition) is 9. The van der Waals surface area contributed by atoms with Crippen molar-refractivity contribution in [2.24, 2.45) is 5.73 Å². The molecule has 0 aromatic carbocycles. The molecule has 4 atom stereocenters. The molecule has 1 heterocycles. The van der Waals surface area contributed by atoms with Crippen LogP contribution in [0.25, 0.3) is 0 Å². The summed E-state index contributed by atoms with van der Waals surface area (Å²) < 4.78 is 0. The number of carbonyl (C=O) groups excluding carboxylic acids is 1. The summed E-state index contributed by atoms with van der Waals surface area (Å²) in [5, 5.41) is 51.8. The average molecular weight is 322 g/mol.